The van der Waals surface area contributed by atoms with E-state index in [-0.39, 0.29) is 0 Å². The minimum absolute atomic E-state index is 0.480. The zero-order valence-corrected chi connectivity index (χ0v) is 27.6. The topological polar surface area (TPSA) is 77.8 Å². The number of fused-ring (bicyclic) bond motifs is 8. The molecule has 4 aromatic heterocycles. The van der Waals surface area contributed by atoms with Gasteiger partial charge in [0.25, 0.3) is 0 Å². The number of aromatic nitrogens is 4. The van der Waals surface area contributed by atoms with E-state index in [1.54, 1.807) is 6.20 Å². The molecule has 0 aliphatic carbocycles. The first-order valence-corrected chi connectivity index (χ1v) is 17.2. The molecule has 0 fully saturated rings. The second kappa shape index (κ2) is 11.2. The lowest BCUT2D eigenvalue weighted by molar-refractivity contribution is 0.668. The molecular weight excluding hydrogens is 641 g/mol. The van der Waals surface area contributed by atoms with Gasteiger partial charge in [-0.1, -0.05) is 115 Å². The Hall–Kier alpha value is -7.18. The van der Waals surface area contributed by atoms with Crippen molar-refractivity contribution in [2.75, 3.05) is 0 Å². The lowest BCUT2D eigenvalue weighted by Gasteiger charge is -2.14. The first-order valence-electron chi connectivity index (χ1n) is 17.2. The summed E-state index contributed by atoms with van der Waals surface area (Å²) in [6.07, 6.45) is 1.75. The van der Waals surface area contributed by atoms with E-state index in [0.29, 0.717) is 23.2 Å². The van der Waals surface area contributed by atoms with Gasteiger partial charge >= 0.3 is 0 Å². The largest absolute Gasteiger partial charge is 0.456 e. The van der Waals surface area contributed by atoms with Crippen LogP contribution in [0.5, 0.6) is 0 Å². The zero-order chi connectivity index (χ0) is 34.2. The van der Waals surface area contributed by atoms with Gasteiger partial charge < -0.3 is 8.83 Å². The van der Waals surface area contributed by atoms with Gasteiger partial charge in [-0.25, -0.2) is 15.0 Å². The molecule has 52 heavy (non-hydrogen) atoms. The molecule has 0 aliphatic rings. The molecule has 0 radical (unpaired) electrons. The zero-order valence-electron chi connectivity index (χ0n) is 27.6. The summed E-state index contributed by atoms with van der Waals surface area (Å²) in [4.78, 5) is 20.3. The molecule has 0 atom stereocenters. The molecule has 0 amide bonds. The number of furan rings is 2. The highest BCUT2D eigenvalue weighted by atomic mass is 16.3. The predicted octanol–water partition coefficient (Wildman–Crippen LogP) is 12.0. The summed E-state index contributed by atoms with van der Waals surface area (Å²) in [5.74, 6) is 1.61. The number of rotatable bonds is 4. The van der Waals surface area contributed by atoms with Gasteiger partial charge in [0.15, 0.2) is 17.5 Å². The van der Waals surface area contributed by atoms with Crippen molar-refractivity contribution in [2.45, 2.75) is 0 Å². The van der Waals surface area contributed by atoms with Gasteiger partial charge in [0.2, 0.25) is 0 Å². The van der Waals surface area contributed by atoms with Crippen molar-refractivity contribution in [2.24, 2.45) is 0 Å². The molecular formula is C46H26N4O2. The average molecular weight is 667 g/mol. The highest BCUT2D eigenvalue weighted by Crippen LogP contribution is 2.42. The van der Waals surface area contributed by atoms with Gasteiger partial charge in [0, 0.05) is 33.5 Å². The molecule has 0 bridgehead atoms. The van der Waals surface area contributed by atoms with E-state index >= 15 is 0 Å². The molecule has 11 rings (SSSR count). The molecule has 0 unspecified atom stereocenters. The number of benzene rings is 7. The Morgan fingerprint density at radius 1 is 0.365 bits per heavy atom. The molecule has 242 valence electrons. The van der Waals surface area contributed by atoms with Crippen LogP contribution < -0.4 is 0 Å². The third-order valence-electron chi connectivity index (χ3n) is 10.0. The summed E-state index contributed by atoms with van der Waals surface area (Å²) in [7, 11) is 0. The second-order valence-electron chi connectivity index (χ2n) is 13.0. The SMILES string of the molecule is c1ccc2cc(-c3nc(-c4ccc(-c5cccc6oc7ccccc7c56)c5ccccc45)nc(-c4nccc5oc6ccccc6c45)n3)ccc2c1. The smallest absolute Gasteiger partial charge is 0.183 e. The fourth-order valence-electron chi connectivity index (χ4n) is 7.63. The van der Waals surface area contributed by atoms with Crippen LogP contribution in [0.4, 0.5) is 0 Å². The Morgan fingerprint density at radius 2 is 0.962 bits per heavy atom. The Kier molecular flexibility index (Phi) is 6.15. The highest BCUT2D eigenvalue weighted by molar-refractivity contribution is 6.16. The van der Waals surface area contributed by atoms with E-state index < -0.39 is 0 Å². The van der Waals surface area contributed by atoms with Crippen LogP contribution in [0.15, 0.2) is 167 Å². The van der Waals surface area contributed by atoms with Crippen LogP contribution in [0.25, 0.3) is 111 Å². The van der Waals surface area contributed by atoms with Crippen LogP contribution in [0.3, 0.4) is 0 Å². The predicted molar refractivity (Wildman–Crippen MR) is 209 cm³/mol. The molecule has 11 aromatic rings. The van der Waals surface area contributed by atoms with Gasteiger partial charge in [0.05, 0.1) is 5.39 Å². The summed E-state index contributed by atoms with van der Waals surface area (Å²) >= 11 is 0. The van der Waals surface area contributed by atoms with Crippen LogP contribution in [0, 0.1) is 0 Å². The number of para-hydroxylation sites is 2. The average Bonchev–Trinajstić information content (AvgIpc) is 3.79. The monoisotopic (exact) mass is 666 g/mol. The van der Waals surface area contributed by atoms with Gasteiger partial charge in [-0.05, 0) is 69.1 Å². The Labute approximate surface area is 296 Å². The Morgan fingerprint density at radius 3 is 1.77 bits per heavy atom. The highest BCUT2D eigenvalue weighted by Gasteiger charge is 2.21. The van der Waals surface area contributed by atoms with Gasteiger partial charge in [0.1, 0.15) is 28.0 Å². The maximum absolute atomic E-state index is 6.27. The van der Waals surface area contributed by atoms with Crippen molar-refractivity contribution in [3.63, 3.8) is 0 Å². The van der Waals surface area contributed by atoms with Crippen molar-refractivity contribution >= 4 is 65.4 Å². The number of hydrogen-bond donors (Lipinski definition) is 0. The van der Waals surface area contributed by atoms with Gasteiger partial charge in [-0.2, -0.15) is 0 Å². The minimum atomic E-state index is 0.480. The maximum Gasteiger partial charge on any atom is 0.183 e. The molecule has 0 spiro atoms. The third-order valence-corrected chi connectivity index (χ3v) is 10.0. The molecule has 0 saturated carbocycles. The van der Waals surface area contributed by atoms with E-state index in [9.17, 15) is 0 Å². The lowest BCUT2D eigenvalue weighted by Crippen LogP contribution is -2.02. The van der Waals surface area contributed by atoms with Gasteiger partial charge in [-0.3, -0.25) is 4.98 Å². The molecule has 0 saturated heterocycles. The van der Waals surface area contributed by atoms with Crippen LogP contribution in [-0.4, -0.2) is 19.9 Å². The second-order valence-corrected chi connectivity index (χ2v) is 13.0. The third kappa shape index (κ3) is 4.38. The number of hydrogen-bond acceptors (Lipinski definition) is 6. The van der Waals surface area contributed by atoms with Crippen molar-refractivity contribution in [3.8, 4) is 45.4 Å². The summed E-state index contributed by atoms with van der Waals surface area (Å²) in [5, 5.41) is 8.42. The van der Waals surface area contributed by atoms with E-state index in [2.05, 4.69) is 97.1 Å². The van der Waals surface area contributed by atoms with Crippen LogP contribution in [0.2, 0.25) is 0 Å². The Balaban J connectivity index is 1.17. The van der Waals surface area contributed by atoms with Crippen LogP contribution in [-0.2, 0) is 0 Å². The van der Waals surface area contributed by atoms with E-state index in [4.69, 9.17) is 28.8 Å². The lowest BCUT2D eigenvalue weighted by atomic mass is 9.92. The summed E-state index contributed by atoms with van der Waals surface area (Å²) in [6.45, 7) is 0. The van der Waals surface area contributed by atoms with Crippen molar-refractivity contribution < 1.29 is 8.83 Å². The van der Waals surface area contributed by atoms with Crippen LogP contribution in [0.1, 0.15) is 0 Å². The standard InChI is InChI=1S/C46H26N4O2/c1-2-11-28-26-29(21-20-27(28)10-1)44-48-45(50-46(49-44)43-42-36-15-6-8-18-38(36)52-40(42)24-25-47-43)34-23-22-32(30-12-3-4-13-31(30)34)33-16-9-19-39-41(33)35-14-5-7-17-37(35)51-39/h1-26H. The van der Waals surface area contributed by atoms with Crippen LogP contribution >= 0.6 is 0 Å². The molecule has 6 heteroatoms. The molecule has 7 aromatic carbocycles. The minimum Gasteiger partial charge on any atom is -0.456 e. The number of nitrogens with zero attached hydrogens (tertiary/aromatic N) is 4. The molecule has 6 nitrogen and oxygen atoms in total. The van der Waals surface area contributed by atoms with E-state index in [1.807, 2.05) is 54.6 Å². The summed E-state index contributed by atoms with van der Waals surface area (Å²) < 4.78 is 12.5. The fourth-order valence-corrected chi connectivity index (χ4v) is 7.63. The van der Waals surface area contributed by atoms with Crippen molar-refractivity contribution in [1.82, 2.24) is 19.9 Å². The Bertz CT molecular complexity index is 3210. The van der Waals surface area contributed by atoms with Crippen molar-refractivity contribution in [1.29, 1.82) is 0 Å². The normalized spacial score (nSPS) is 11.8. The number of pyridine rings is 1. The first kappa shape index (κ1) is 28.6. The van der Waals surface area contributed by atoms with Crippen molar-refractivity contribution in [3.05, 3.63) is 158 Å². The summed E-state index contributed by atoms with van der Waals surface area (Å²) in [5.41, 5.74) is 7.92. The maximum atomic E-state index is 6.27. The molecule has 0 aliphatic heterocycles. The fraction of sp³-hybridized carbons (Fsp3) is 0. The first-order chi connectivity index (χ1) is 25.8. The van der Waals surface area contributed by atoms with E-state index in [1.165, 1.54) is 0 Å². The quantitative estimate of drug-likeness (QED) is 0.186. The van der Waals surface area contributed by atoms with Gasteiger partial charge in [-0.15, -0.1) is 0 Å². The summed E-state index contributed by atoms with van der Waals surface area (Å²) in [6, 6.07) is 51.8. The molecule has 0 N–H and O–H groups in total. The molecule has 4 heterocycles. The van der Waals surface area contributed by atoms with E-state index in [0.717, 1.165) is 87.7 Å².